The zero-order valence-corrected chi connectivity index (χ0v) is 22.8. The number of ether oxygens (including phenoxy) is 1. The maximum absolute atomic E-state index is 6.85. The smallest absolute Gasteiger partial charge is 0.138 e. The van der Waals surface area contributed by atoms with Gasteiger partial charge in [-0.2, -0.15) is 0 Å². The molecule has 0 saturated heterocycles. The highest BCUT2D eigenvalue weighted by Gasteiger charge is 2.51. The van der Waals surface area contributed by atoms with Gasteiger partial charge in [0.15, 0.2) is 0 Å². The summed E-state index contributed by atoms with van der Waals surface area (Å²) >= 11 is 0. The Morgan fingerprint density at radius 3 is 2.31 bits per heavy atom. The van der Waals surface area contributed by atoms with E-state index in [0.717, 1.165) is 38.3 Å². The highest BCUT2D eigenvalue weighted by molar-refractivity contribution is 5.88. The minimum Gasteiger partial charge on any atom is -0.455 e. The molecule has 0 saturated carbocycles. The van der Waals surface area contributed by atoms with E-state index in [4.69, 9.17) is 4.74 Å². The third-order valence-electron chi connectivity index (χ3n) is 7.69. The summed E-state index contributed by atoms with van der Waals surface area (Å²) in [6, 6.07) is 20.7. The van der Waals surface area contributed by atoms with Gasteiger partial charge in [-0.1, -0.05) is 143 Å². The number of hydrogen-bond donors (Lipinski definition) is 0. The van der Waals surface area contributed by atoms with E-state index >= 15 is 0 Å². The Labute approximate surface area is 232 Å². The van der Waals surface area contributed by atoms with Gasteiger partial charge >= 0.3 is 0 Å². The van der Waals surface area contributed by atoms with Gasteiger partial charge in [0.2, 0.25) is 0 Å². The SMILES string of the molecule is C=CC1=C(C)c2ccccc2C12C1=C(Oc3c2ccc(=C)ccccc3=C)C(=C)/C=C\C(C)/C=C\C(=C)C=C1. The maximum atomic E-state index is 6.85. The number of rotatable bonds is 1. The second-order valence-electron chi connectivity index (χ2n) is 10.3. The molecular weight excluding hydrogens is 472 g/mol. The van der Waals surface area contributed by atoms with Crippen molar-refractivity contribution in [1.82, 2.24) is 0 Å². The lowest BCUT2D eigenvalue weighted by Gasteiger charge is -2.41. The zero-order chi connectivity index (χ0) is 27.7. The summed E-state index contributed by atoms with van der Waals surface area (Å²) in [4.78, 5) is 0. The van der Waals surface area contributed by atoms with Gasteiger partial charge in [0.1, 0.15) is 11.5 Å². The molecule has 3 aliphatic rings. The molecule has 2 aliphatic carbocycles. The Morgan fingerprint density at radius 1 is 0.795 bits per heavy atom. The molecule has 5 rings (SSSR count). The van der Waals surface area contributed by atoms with Crippen LogP contribution in [0, 0.1) is 5.92 Å². The van der Waals surface area contributed by atoms with E-state index < -0.39 is 5.41 Å². The fourth-order valence-electron chi connectivity index (χ4n) is 5.77. The quantitative estimate of drug-likeness (QED) is 0.381. The first kappa shape index (κ1) is 26.0. The molecule has 1 aliphatic heterocycles. The minimum atomic E-state index is -0.710. The van der Waals surface area contributed by atoms with Crippen LogP contribution in [0.5, 0.6) is 5.75 Å². The van der Waals surface area contributed by atoms with E-state index in [0.29, 0.717) is 11.5 Å². The fourth-order valence-corrected chi connectivity index (χ4v) is 5.77. The van der Waals surface area contributed by atoms with Crippen molar-refractivity contribution in [3.8, 4) is 5.75 Å². The molecule has 1 spiro atoms. The fraction of sp³-hybridized carbons (Fsp3) is 0.105. The number of fused-ring (bicyclic) bond motifs is 5. The lowest BCUT2D eigenvalue weighted by molar-refractivity contribution is 0.395. The first-order valence-corrected chi connectivity index (χ1v) is 13.2. The monoisotopic (exact) mass is 506 g/mol. The summed E-state index contributed by atoms with van der Waals surface area (Å²) in [6.07, 6.45) is 14.6. The van der Waals surface area contributed by atoms with Crippen molar-refractivity contribution in [3.63, 3.8) is 0 Å². The highest BCUT2D eigenvalue weighted by atomic mass is 16.5. The van der Waals surface area contributed by atoms with Crippen LogP contribution in [0.2, 0.25) is 0 Å². The summed E-state index contributed by atoms with van der Waals surface area (Å²) in [5, 5.41) is 1.66. The third kappa shape index (κ3) is 4.30. The molecule has 2 aromatic carbocycles. The lowest BCUT2D eigenvalue weighted by Crippen LogP contribution is -2.36. The molecule has 39 heavy (non-hydrogen) atoms. The van der Waals surface area contributed by atoms with Gasteiger partial charge < -0.3 is 4.74 Å². The van der Waals surface area contributed by atoms with E-state index in [1.807, 2.05) is 36.4 Å². The van der Waals surface area contributed by atoms with E-state index in [1.54, 1.807) is 0 Å². The number of hydrogen-bond acceptors (Lipinski definition) is 1. The van der Waals surface area contributed by atoms with Gasteiger partial charge in [-0.15, -0.1) is 0 Å². The van der Waals surface area contributed by atoms with E-state index in [1.165, 1.54) is 16.7 Å². The Kier molecular flexibility index (Phi) is 6.85. The van der Waals surface area contributed by atoms with E-state index in [-0.39, 0.29) is 5.92 Å². The third-order valence-corrected chi connectivity index (χ3v) is 7.69. The molecule has 0 radical (unpaired) electrons. The van der Waals surface area contributed by atoms with Gasteiger partial charge in [0.25, 0.3) is 0 Å². The van der Waals surface area contributed by atoms with Crippen LogP contribution in [-0.2, 0) is 5.41 Å². The van der Waals surface area contributed by atoms with Gasteiger partial charge in [-0.05, 0) is 45.9 Å². The summed E-state index contributed by atoms with van der Waals surface area (Å²) in [6.45, 7) is 26.1. The Hall–Kier alpha value is -4.62. The summed E-state index contributed by atoms with van der Waals surface area (Å²) in [7, 11) is 0. The van der Waals surface area contributed by atoms with Crippen LogP contribution in [-0.4, -0.2) is 0 Å². The number of allylic oxidation sites excluding steroid dienone is 11. The van der Waals surface area contributed by atoms with Crippen molar-refractivity contribution in [2.24, 2.45) is 5.92 Å². The Bertz CT molecular complexity index is 1730. The molecule has 192 valence electrons. The van der Waals surface area contributed by atoms with Crippen LogP contribution in [0.25, 0.3) is 18.7 Å². The summed E-state index contributed by atoms with van der Waals surface area (Å²) in [5.41, 5.74) is 7.61. The van der Waals surface area contributed by atoms with E-state index in [2.05, 4.69) is 114 Å². The molecule has 0 amide bonds. The highest BCUT2D eigenvalue weighted by Crippen LogP contribution is 2.59. The number of benzene rings is 1. The lowest BCUT2D eigenvalue weighted by atomic mass is 9.64. The summed E-state index contributed by atoms with van der Waals surface area (Å²) < 4.78 is 6.85. The van der Waals surface area contributed by atoms with Gasteiger partial charge in [-0.25, -0.2) is 0 Å². The summed E-state index contributed by atoms with van der Waals surface area (Å²) in [5.74, 6) is 1.63. The van der Waals surface area contributed by atoms with Crippen molar-refractivity contribution in [2.45, 2.75) is 19.3 Å². The van der Waals surface area contributed by atoms with E-state index in [9.17, 15) is 0 Å². The molecule has 0 bridgehead atoms. The average Bonchev–Trinajstić information content (AvgIpc) is 3.17. The van der Waals surface area contributed by atoms with Gasteiger partial charge in [0.05, 0.1) is 5.41 Å². The van der Waals surface area contributed by atoms with Crippen LogP contribution < -0.4 is 15.2 Å². The normalized spacial score (nSPS) is 23.2. The van der Waals surface area contributed by atoms with Crippen LogP contribution in [0.15, 0.2) is 151 Å². The predicted molar refractivity (Wildman–Crippen MR) is 167 cm³/mol. The van der Waals surface area contributed by atoms with Crippen LogP contribution in [0.3, 0.4) is 0 Å². The Morgan fingerprint density at radius 2 is 1.51 bits per heavy atom. The molecule has 2 atom stereocenters. The van der Waals surface area contributed by atoms with Crippen molar-refractivity contribution >= 4 is 18.7 Å². The molecular formula is C38H34O. The second-order valence-corrected chi connectivity index (χ2v) is 10.3. The van der Waals surface area contributed by atoms with Gasteiger partial charge in [-0.3, -0.25) is 0 Å². The molecule has 1 heterocycles. The molecule has 0 aromatic heterocycles. The second kappa shape index (κ2) is 10.3. The molecule has 1 heteroatoms. The van der Waals surface area contributed by atoms with Crippen molar-refractivity contribution in [1.29, 1.82) is 0 Å². The van der Waals surface area contributed by atoms with Crippen molar-refractivity contribution in [2.75, 3.05) is 0 Å². The predicted octanol–water partition coefficient (Wildman–Crippen LogP) is 7.97. The first-order valence-electron chi connectivity index (χ1n) is 13.2. The van der Waals surface area contributed by atoms with Crippen molar-refractivity contribution < 1.29 is 4.74 Å². The standard InChI is InChI=1S/C38H34O/c1-8-32-30(7)31-15-11-12-16-33(31)38(32)34-23-20-25(2)13-9-10-14-28(5)36(34)39-37-29(6)22-19-26(3)17-18-27(4)21-24-35(37)38/h8-24,26H,1-2,4-6H2,3,7H3/b13-9?,14-10?,18-17-,22-19-,23-20?,24-21?. The minimum absolute atomic E-state index is 0.215. The van der Waals surface area contributed by atoms with Gasteiger partial charge in [0, 0.05) is 21.9 Å². The molecule has 2 unspecified atom stereocenters. The molecule has 1 nitrogen and oxygen atoms in total. The largest absolute Gasteiger partial charge is 0.455 e. The van der Waals surface area contributed by atoms with Crippen molar-refractivity contribution in [3.05, 3.63) is 178 Å². The average molecular weight is 507 g/mol. The molecule has 0 N–H and O–H groups in total. The van der Waals surface area contributed by atoms with Crippen LogP contribution in [0.4, 0.5) is 0 Å². The topological polar surface area (TPSA) is 9.23 Å². The van der Waals surface area contributed by atoms with Crippen LogP contribution >= 0.6 is 0 Å². The zero-order valence-electron chi connectivity index (χ0n) is 22.8. The first-order chi connectivity index (χ1) is 18.8. The van der Waals surface area contributed by atoms with Crippen LogP contribution in [0.1, 0.15) is 30.5 Å². The Balaban J connectivity index is 2.05. The molecule has 0 fully saturated rings. The molecule has 2 aromatic rings. The maximum Gasteiger partial charge on any atom is 0.138 e.